The van der Waals surface area contributed by atoms with Crippen molar-refractivity contribution in [2.75, 3.05) is 36.5 Å². The molecule has 152 valence electrons. The van der Waals surface area contributed by atoms with Gasteiger partial charge in [0.05, 0.1) is 25.5 Å². The van der Waals surface area contributed by atoms with Crippen LogP contribution in [0.4, 0.5) is 11.6 Å². The highest BCUT2D eigenvalue weighted by Gasteiger charge is 2.12. The summed E-state index contributed by atoms with van der Waals surface area (Å²) < 4.78 is 5.43. The minimum absolute atomic E-state index is 0.638. The predicted octanol–water partition coefficient (Wildman–Crippen LogP) is 3.39. The van der Waals surface area contributed by atoms with Crippen LogP contribution >= 0.6 is 0 Å². The van der Waals surface area contributed by atoms with Gasteiger partial charge in [-0.15, -0.1) is 0 Å². The average molecular weight is 400 g/mol. The molecular formula is C23H24N6O. The molecule has 4 aromatic heterocycles. The molecule has 0 unspecified atom stereocenters. The Morgan fingerprint density at radius 2 is 1.97 bits per heavy atom. The summed E-state index contributed by atoms with van der Waals surface area (Å²) in [6, 6.07) is 14.3. The fourth-order valence-electron chi connectivity index (χ4n) is 3.73. The third-order valence-electron chi connectivity index (χ3n) is 5.33. The van der Waals surface area contributed by atoms with Gasteiger partial charge in [-0.3, -0.25) is 0 Å². The van der Waals surface area contributed by atoms with Crippen LogP contribution in [0.3, 0.4) is 0 Å². The second-order valence-corrected chi connectivity index (χ2v) is 7.38. The molecule has 30 heavy (non-hydrogen) atoms. The van der Waals surface area contributed by atoms with Crippen LogP contribution in [0, 0.1) is 0 Å². The summed E-state index contributed by atoms with van der Waals surface area (Å²) in [7, 11) is 0. The number of pyridine rings is 3. The summed E-state index contributed by atoms with van der Waals surface area (Å²) in [5.74, 6) is 1.85. The van der Waals surface area contributed by atoms with Crippen LogP contribution < -0.4 is 10.2 Å². The molecule has 1 fully saturated rings. The van der Waals surface area contributed by atoms with E-state index in [0.717, 1.165) is 66.7 Å². The SMILES string of the molecule is c1cc(CNc2ccc(Cc3c[nH]c4ncccc34)cn2)nc(N2CCOCC2)c1. The zero-order chi connectivity index (χ0) is 20.2. The molecule has 0 atom stereocenters. The lowest BCUT2D eigenvalue weighted by molar-refractivity contribution is 0.122. The number of ether oxygens (including phenoxy) is 1. The molecule has 1 saturated heterocycles. The van der Waals surface area contributed by atoms with Crippen LogP contribution in [0.5, 0.6) is 0 Å². The molecule has 0 aliphatic carbocycles. The number of nitrogens with one attached hydrogen (secondary N) is 2. The summed E-state index contributed by atoms with van der Waals surface area (Å²) in [5, 5.41) is 4.53. The van der Waals surface area contributed by atoms with Crippen LogP contribution in [0.2, 0.25) is 0 Å². The quantitative estimate of drug-likeness (QED) is 0.517. The Morgan fingerprint density at radius 3 is 2.83 bits per heavy atom. The van der Waals surface area contributed by atoms with Crippen molar-refractivity contribution in [3.05, 3.63) is 77.9 Å². The number of nitrogens with zero attached hydrogens (tertiary/aromatic N) is 4. The number of fused-ring (bicyclic) bond motifs is 1. The van der Waals surface area contributed by atoms with Crippen molar-refractivity contribution in [2.45, 2.75) is 13.0 Å². The first-order chi connectivity index (χ1) is 14.8. The van der Waals surface area contributed by atoms with E-state index in [2.05, 4.69) is 49.4 Å². The van der Waals surface area contributed by atoms with Crippen molar-refractivity contribution >= 4 is 22.7 Å². The van der Waals surface area contributed by atoms with Gasteiger partial charge in [0.25, 0.3) is 0 Å². The zero-order valence-corrected chi connectivity index (χ0v) is 16.7. The van der Waals surface area contributed by atoms with Gasteiger partial charge in [0.1, 0.15) is 17.3 Å². The van der Waals surface area contributed by atoms with E-state index in [1.165, 1.54) is 5.56 Å². The number of aromatic amines is 1. The van der Waals surface area contributed by atoms with E-state index in [9.17, 15) is 0 Å². The molecule has 0 radical (unpaired) electrons. The predicted molar refractivity (Wildman–Crippen MR) is 118 cm³/mol. The van der Waals surface area contributed by atoms with E-state index in [1.807, 2.05) is 30.6 Å². The van der Waals surface area contributed by atoms with Gasteiger partial charge in [0.15, 0.2) is 0 Å². The van der Waals surface area contributed by atoms with E-state index >= 15 is 0 Å². The van der Waals surface area contributed by atoms with Crippen LogP contribution in [0.1, 0.15) is 16.8 Å². The maximum atomic E-state index is 5.43. The van der Waals surface area contributed by atoms with Crippen LogP contribution in [0.15, 0.2) is 61.1 Å². The van der Waals surface area contributed by atoms with Crippen molar-refractivity contribution < 1.29 is 4.74 Å². The van der Waals surface area contributed by atoms with Gasteiger partial charge in [0, 0.05) is 43.5 Å². The minimum Gasteiger partial charge on any atom is -0.378 e. The molecule has 7 heteroatoms. The van der Waals surface area contributed by atoms with Gasteiger partial charge in [-0.05, 0) is 41.5 Å². The van der Waals surface area contributed by atoms with Crippen molar-refractivity contribution in [1.82, 2.24) is 19.9 Å². The summed E-state index contributed by atoms with van der Waals surface area (Å²) in [5.41, 5.74) is 4.31. The Bertz CT molecular complexity index is 1120. The van der Waals surface area contributed by atoms with Crippen molar-refractivity contribution in [3.8, 4) is 0 Å². The standard InChI is InChI=1S/C23H24N6O/c1-3-19(28-22(5-1)29-9-11-30-12-10-29)16-26-21-7-6-17(14-25-21)13-18-15-27-23-20(18)4-2-8-24-23/h1-8,14-15H,9-13,16H2,(H,24,27)(H,25,26). The van der Waals surface area contributed by atoms with Gasteiger partial charge in [-0.2, -0.15) is 0 Å². The summed E-state index contributed by atoms with van der Waals surface area (Å²) >= 11 is 0. The van der Waals surface area contributed by atoms with Gasteiger partial charge < -0.3 is 19.9 Å². The molecule has 0 aromatic carbocycles. The maximum Gasteiger partial charge on any atom is 0.137 e. The summed E-state index contributed by atoms with van der Waals surface area (Å²) in [6.07, 6.45) is 6.57. The van der Waals surface area contributed by atoms with E-state index < -0.39 is 0 Å². The number of H-pyrrole nitrogens is 1. The number of rotatable bonds is 6. The number of morpholine rings is 1. The molecule has 0 saturated carbocycles. The third-order valence-corrected chi connectivity index (χ3v) is 5.33. The minimum atomic E-state index is 0.638. The highest BCUT2D eigenvalue weighted by Crippen LogP contribution is 2.20. The van der Waals surface area contributed by atoms with E-state index in [4.69, 9.17) is 9.72 Å². The summed E-state index contributed by atoms with van der Waals surface area (Å²) in [4.78, 5) is 19.2. The lowest BCUT2D eigenvalue weighted by Crippen LogP contribution is -2.36. The number of hydrogen-bond acceptors (Lipinski definition) is 6. The molecule has 1 aliphatic rings. The Hall–Kier alpha value is -3.45. The van der Waals surface area contributed by atoms with Crippen molar-refractivity contribution in [3.63, 3.8) is 0 Å². The van der Waals surface area contributed by atoms with Crippen LogP contribution in [0.25, 0.3) is 11.0 Å². The van der Waals surface area contributed by atoms with Crippen LogP contribution in [-0.4, -0.2) is 46.2 Å². The fraction of sp³-hybridized carbons (Fsp3) is 0.261. The molecular weight excluding hydrogens is 376 g/mol. The van der Waals surface area contributed by atoms with Gasteiger partial charge in [-0.25, -0.2) is 15.0 Å². The molecule has 5 heterocycles. The molecule has 7 nitrogen and oxygen atoms in total. The normalized spacial score (nSPS) is 14.2. The van der Waals surface area contributed by atoms with E-state index in [0.29, 0.717) is 6.54 Å². The van der Waals surface area contributed by atoms with Gasteiger partial charge in [0.2, 0.25) is 0 Å². The second-order valence-electron chi connectivity index (χ2n) is 7.38. The topological polar surface area (TPSA) is 79.0 Å². The molecule has 2 N–H and O–H groups in total. The third kappa shape index (κ3) is 4.11. The lowest BCUT2D eigenvalue weighted by atomic mass is 10.1. The number of anilines is 2. The smallest absolute Gasteiger partial charge is 0.137 e. The van der Waals surface area contributed by atoms with Crippen molar-refractivity contribution in [1.29, 1.82) is 0 Å². The van der Waals surface area contributed by atoms with Gasteiger partial charge in [-0.1, -0.05) is 12.1 Å². The number of hydrogen-bond donors (Lipinski definition) is 2. The molecule has 0 amide bonds. The highest BCUT2D eigenvalue weighted by molar-refractivity contribution is 5.79. The Kier molecular flexibility index (Phi) is 5.26. The molecule has 1 aliphatic heterocycles. The molecule has 4 aromatic rings. The molecule has 0 bridgehead atoms. The molecule has 5 rings (SSSR count). The fourth-order valence-corrected chi connectivity index (χ4v) is 3.73. The Labute approximate surface area is 175 Å². The van der Waals surface area contributed by atoms with Crippen LogP contribution in [-0.2, 0) is 17.7 Å². The first-order valence-corrected chi connectivity index (χ1v) is 10.2. The van der Waals surface area contributed by atoms with E-state index in [1.54, 1.807) is 6.20 Å². The average Bonchev–Trinajstić information content (AvgIpc) is 3.22. The first kappa shape index (κ1) is 18.6. The van der Waals surface area contributed by atoms with E-state index in [-0.39, 0.29) is 0 Å². The highest BCUT2D eigenvalue weighted by atomic mass is 16.5. The van der Waals surface area contributed by atoms with Gasteiger partial charge >= 0.3 is 0 Å². The maximum absolute atomic E-state index is 5.43. The summed E-state index contributed by atoms with van der Waals surface area (Å²) in [6.45, 7) is 3.93. The first-order valence-electron chi connectivity index (χ1n) is 10.2. The van der Waals surface area contributed by atoms with Crippen molar-refractivity contribution in [2.24, 2.45) is 0 Å². The largest absolute Gasteiger partial charge is 0.378 e. The second kappa shape index (κ2) is 8.51. The monoisotopic (exact) mass is 400 g/mol. The lowest BCUT2D eigenvalue weighted by Gasteiger charge is -2.28. The Balaban J connectivity index is 1.21. The number of aromatic nitrogens is 4. The zero-order valence-electron chi connectivity index (χ0n) is 16.7. The molecule has 0 spiro atoms. The Morgan fingerprint density at radius 1 is 1.03 bits per heavy atom.